The van der Waals surface area contributed by atoms with Gasteiger partial charge in [0.15, 0.2) is 0 Å². The summed E-state index contributed by atoms with van der Waals surface area (Å²) < 4.78 is 27.3. The molecule has 0 aromatic heterocycles. The molecule has 0 amide bonds. The van der Waals surface area contributed by atoms with Crippen molar-refractivity contribution < 1.29 is 8.42 Å². The van der Waals surface area contributed by atoms with Crippen molar-refractivity contribution in [2.75, 3.05) is 13.1 Å². The molecule has 0 unspecified atom stereocenters. The number of piperidine rings is 1. The van der Waals surface area contributed by atoms with Crippen LogP contribution in [0.4, 0.5) is 0 Å². The molecule has 6 heteroatoms. The van der Waals surface area contributed by atoms with Crippen LogP contribution in [0, 0.1) is 0 Å². The molecule has 0 aliphatic carbocycles. The first-order valence-electron chi connectivity index (χ1n) is 9.02. The Balaban J connectivity index is 1.57. The fraction of sp³-hybridized carbons (Fsp3) is 0.400. The number of hydrogen-bond acceptors (Lipinski definition) is 3. The fourth-order valence-electron chi connectivity index (χ4n) is 3.30. The molecule has 1 aliphatic rings. The van der Waals surface area contributed by atoms with Gasteiger partial charge in [-0.2, -0.15) is 0 Å². The van der Waals surface area contributed by atoms with E-state index in [0.717, 1.165) is 25.2 Å². The highest BCUT2D eigenvalue weighted by molar-refractivity contribution is 7.88. The molecule has 0 radical (unpaired) electrons. The number of rotatable bonds is 7. The molecule has 3 rings (SSSR count). The molecule has 1 aliphatic heterocycles. The Morgan fingerprint density at radius 2 is 1.62 bits per heavy atom. The molecule has 1 saturated heterocycles. The third-order valence-electron chi connectivity index (χ3n) is 4.59. The maximum Gasteiger partial charge on any atom is 0.216 e. The van der Waals surface area contributed by atoms with E-state index in [1.54, 1.807) is 24.3 Å². The van der Waals surface area contributed by atoms with Gasteiger partial charge in [0.1, 0.15) is 0 Å². The number of hydrogen-bond donors (Lipinski definition) is 1. The molecule has 0 saturated carbocycles. The lowest BCUT2D eigenvalue weighted by Gasteiger charge is -2.26. The zero-order valence-corrected chi connectivity index (χ0v) is 16.4. The van der Waals surface area contributed by atoms with Gasteiger partial charge in [0.05, 0.1) is 5.75 Å². The number of halogens is 1. The first kappa shape index (κ1) is 19.4. The molecule has 1 N–H and O–H groups in total. The SMILES string of the molecule is O=S(=O)(Cc1cccc(Cl)c1)NCc1cccc(CN2CCCCC2)c1. The fourth-order valence-corrected chi connectivity index (χ4v) is 4.62. The van der Waals surface area contributed by atoms with Gasteiger partial charge in [-0.05, 0) is 54.8 Å². The van der Waals surface area contributed by atoms with Crippen molar-refractivity contribution in [2.45, 2.75) is 38.1 Å². The van der Waals surface area contributed by atoms with Crippen molar-refractivity contribution in [2.24, 2.45) is 0 Å². The van der Waals surface area contributed by atoms with Crippen LogP contribution in [0.1, 0.15) is 36.0 Å². The standard InChI is InChI=1S/C20H25ClN2O2S/c21-20-9-5-8-19(13-20)16-26(24,25)22-14-17-6-4-7-18(12-17)15-23-10-2-1-3-11-23/h4-9,12-13,22H,1-3,10-11,14-16H2. The average molecular weight is 393 g/mol. The molecule has 0 bridgehead atoms. The van der Waals surface area contributed by atoms with Crippen molar-refractivity contribution in [3.63, 3.8) is 0 Å². The second-order valence-corrected chi connectivity index (χ2v) is 9.11. The number of benzene rings is 2. The summed E-state index contributed by atoms with van der Waals surface area (Å²) in [6.07, 6.45) is 3.86. The van der Waals surface area contributed by atoms with E-state index in [1.807, 2.05) is 12.1 Å². The quantitative estimate of drug-likeness (QED) is 0.776. The molecule has 0 spiro atoms. The van der Waals surface area contributed by atoms with Crippen molar-refractivity contribution in [3.05, 3.63) is 70.2 Å². The Morgan fingerprint density at radius 1 is 0.923 bits per heavy atom. The summed E-state index contributed by atoms with van der Waals surface area (Å²) in [5.74, 6) is -0.0684. The summed E-state index contributed by atoms with van der Waals surface area (Å²) in [6, 6.07) is 15.1. The first-order valence-corrected chi connectivity index (χ1v) is 11.1. The maximum atomic E-state index is 12.3. The Labute approximate surface area is 161 Å². The van der Waals surface area contributed by atoms with Gasteiger partial charge in [0.2, 0.25) is 10.0 Å². The summed E-state index contributed by atoms with van der Waals surface area (Å²) in [6.45, 7) is 3.53. The number of nitrogens with one attached hydrogen (secondary N) is 1. The van der Waals surface area contributed by atoms with E-state index in [0.29, 0.717) is 17.1 Å². The second-order valence-electron chi connectivity index (χ2n) is 6.87. The Bertz CT molecular complexity index is 833. The van der Waals surface area contributed by atoms with Crippen LogP contribution in [0.25, 0.3) is 0 Å². The Hall–Kier alpha value is -1.40. The predicted molar refractivity (Wildman–Crippen MR) is 106 cm³/mol. The largest absolute Gasteiger partial charge is 0.299 e. The normalized spacial score (nSPS) is 15.9. The van der Waals surface area contributed by atoms with E-state index in [4.69, 9.17) is 11.6 Å². The minimum absolute atomic E-state index is 0.0684. The molecule has 1 heterocycles. The van der Waals surface area contributed by atoms with Gasteiger partial charge in [-0.15, -0.1) is 0 Å². The van der Waals surface area contributed by atoms with Crippen LogP contribution in [0.2, 0.25) is 5.02 Å². The lowest BCUT2D eigenvalue weighted by molar-refractivity contribution is 0.221. The van der Waals surface area contributed by atoms with E-state index in [9.17, 15) is 8.42 Å². The van der Waals surface area contributed by atoms with Crippen LogP contribution in [-0.4, -0.2) is 26.4 Å². The van der Waals surface area contributed by atoms with Crippen LogP contribution >= 0.6 is 11.6 Å². The molecule has 1 fully saturated rings. The summed E-state index contributed by atoms with van der Waals surface area (Å²) >= 11 is 5.92. The van der Waals surface area contributed by atoms with E-state index >= 15 is 0 Å². The van der Waals surface area contributed by atoms with Crippen LogP contribution in [-0.2, 0) is 28.9 Å². The van der Waals surface area contributed by atoms with E-state index in [2.05, 4.69) is 21.8 Å². The highest BCUT2D eigenvalue weighted by atomic mass is 35.5. The molecule has 0 atom stereocenters. The Morgan fingerprint density at radius 3 is 2.38 bits per heavy atom. The topological polar surface area (TPSA) is 49.4 Å². The van der Waals surface area contributed by atoms with E-state index in [-0.39, 0.29) is 5.75 Å². The first-order chi connectivity index (χ1) is 12.5. The third kappa shape index (κ3) is 6.09. The lowest BCUT2D eigenvalue weighted by atomic mass is 10.1. The van der Waals surface area contributed by atoms with Gasteiger partial charge in [-0.1, -0.05) is 54.4 Å². The van der Waals surface area contributed by atoms with Crippen LogP contribution in [0.15, 0.2) is 48.5 Å². The average Bonchev–Trinajstić information content (AvgIpc) is 2.61. The van der Waals surface area contributed by atoms with Gasteiger partial charge in [-0.3, -0.25) is 4.90 Å². The lowest BCUT2D eigenvalue weighted by Crippen LogP contribution is -2.29. The Kier molecular flexibility index (Phi) is 6.70. The minimum Gasteiger partial charge on any atom is -0.299 e. The zero-order valence-electron chi connectivity index (χ0n) is 14.8. The van der Waals surface area contributed by atoms with E-state index in [1.165, 1.54) is 24.8 Å². The van der Waals surface area contributed by atoms with Gasteiger partial charge >= 0.3 is 0 Å². The zero-order chi connectivity index (χ0) is 18.4. The number of nitrogens with zero attached hydrogens (tertiary/aromatic N) is 1. The molecule has 26 heavy (non-hydrogen) atoms. The summed E-state index contributed by atoms with van der Waals surface area (Å²) in [4.78, 5) is 2.46. The van der Waals surface area contributed by atoms with Crippen LogP contribution < -0.4 is 4.72 Å². The molecular formula is C20H25ClN2O2S. The van der Waals surface area contributed by atoms with Crippen LogP contribution in [0.3, 0.4) is 0 Å². The smallest absolute Gasteiger partial charge is 0.216 e. The van der Waals surface area contributed by atoms with E-state index < -0.39 is 10.0 Å². The summed E-state index contributed by atoms with van der Waals surface area (Å²) in [5, 5.41) is 0.545. The van der Waals surface area contributed by atoms with Crippen molar-refractivity contribution in [1.82, 2.24) is 9.62 Å². The molecule has 4 nitrogen and oxygen atoms in total. The maximum absolute atomic E-state index is 12.3. The van der Waals surface area contributed by atoms with Crippen LogP contribution in [0.5, 0.6) is 0 Å². The molecule has 2 aromatic rings. The monoisotopic (exact) mass is 392 g/mol. The van der Waals surface area contributed by atoms with Crippen molar-refractivity contribution >= 4 is 21.6 Å². The number of likely N-dealkylation sites (tertiary alicyclic amines) is 1. The van der Waals surface area contributed by atoms with Gasteiger partial charge in [0, 0.05) is 18.1 Å². The second kappa shape index (κ2) is 9.00. The van der Waals surface area contributed by atoms with Crippen molar-refractivity contribution in [3.8, 4) is 0 Å². The number of sulfonamides is 1. The van der Waals surface area contributed by atoms with Gasteiger partial charge in [0.25, 0.3) is 0 Å². The third-order valence-corrected chi connectivity index (χ3v) is 6.12. The molecular weight excluding hydrogens is 368 g/mol. The summed E-state index contributed by atoms with van der Waals surface area (Å²) in [7, 11) is -3.41. The molecule has 140 valence electrons. The highest BCUT2D eigenvalue weighted by Crippen LogP contribution is 2.15. The minimum atomic E-state index is -3.41. The summed E-state index contributed by atoms with van der Waals surface area (Å²) in [5.41, 5.74) is 2.90. The molecule has 2 aromatic carbocycles. The van der Waals surface area contributed by atoms with Gasteiger partial charge in [-0.25, -0.2) is 13.1 Å². The van der Waals surface area contributed by atoms with Gasteiger partial charge < -0.3 is 0 Å². The van der Waals surface area contributed by atoms with Crippen molar-refractivity contribution in [1.29, 1.82) is 0 Å². The highest BCUT2D eigenvalue weighted by Gasteiger charge is 2.13. The predicted octanol–water partition coefficient (Wildman–Crippen LogP) is 3.95.